The predicted molar refractivity (Wildman–Crippen MR) is 118 cm³/mol. The number of amides is 3. The van der Waals surface area contributed by atoms with Crippen molar-refractivity contribution in [3.8, 4) is 0 Å². The summed E-state index contributed by atoms with van der Waals surface area (Å²) in [6.07, 6.45) is 6.03. The van der Waals surface area contributed by atoms with E-state index in [0.29, 0.717) is 51.0 Å². The molecule has 1 fully saturated rings. The lowest BCUT2D eigenvalue weighted by Crippen LogP contribution is -2.43. The van der Waals surface area contributed by atoms with Crippen LogP contribution in [0.25, 0.3) is 0 Å². The summed E-state index contributed by atoms with van der Waals surface area (Å²) in [6, 6.07) is 9.41. The van der Waals surface area contributed by atoms with E-state index in [1.807, 2.05) is 42.2 Å². The number of hydrogen-bond acceptors (Lipinski definition) is 4. The second-order valence-corrected chi connectivity index (χ2v) is 8.14. The van der Waals surface area contributed by atoms with Crippen molar-refractivity contribution in [1.29, 1.82) is 0 Å². The van der Waals surface area contributed by atoms with Crippen molar-refractivity contribution in [1.82, 2.24) is 15.2 Å². The van der Waals surface area contributed by atoms with Gasteiger partial charge in [0.1, 0.15) is 0 Å². The van der Waals surface area contributed by atoms with Crippen molar-refractivity contribution in [3.05, 3.63) is 59.4 Å². The molecule has 0 unspecified atom stereocenters. The molecule has 162 valence electrons. The number of hydrogen-bond donors (Lipinski definition) is 1. The fourth-order valence-corrected chi connectivity index (χ4v) is 4.35. The Morgan fingerprint density at radius 1 is 1.13 bits per heavy atom. The molecule has 1 aromatic carbocycles. The summed E-state index contributed by atoms with van der Waals surface area (Å²) >= 11 is 0. The number of carbonyl (C=O) groups excluding carboxylic acids is 3. The zero-order valence-corrected chi connectivity index (χ0v) is 17.8. The molecule has 0 atom stereocenters. The quantitative estimate of drug-likeness (QED) is 0.806. The maximum absolute atomic E-state index is 13.0. The van der Waals surface area contributed by atoms with Crippen LogP contribution in [0.4, 0.5) is 5.69 Å². The normalized spacial score (nSPS) is 16.2. The molecule has 1 N–H and O–H groups in total. The zero-order chi connectivity index (χ0) is 21.8. The van der Waals surface area contributed by atoms with Crippen molar-refractivity contribution < 1.29 is 14.4 Å². The Balaban J connectivity index is 1.31. The molecule has 1 aromatic heterocycles. The van der Waals surface area contributed by atoms with Gasteiger partial charge in [-0.2, -0.15) is 0 Å². The minimum absolute atomic E-state index is 0.00251. The molecule has 2 aromatic rings. The molecule has 7 nitrogen and oxygen atoms in total. The highest BCUT2D eigenvalue weighted by atomic mass is 16.2. The molecule has 0 bridgehead atoms. The lowest BCUT2D eigenvalue weighted by atomic mass is 9.95. The maximum atomic E-state index is 13.0. The lowest BCUT2D eigenvalue weighted by Gasteiger charge is -2.31. The van der Waals surface area contributed by atoms with Gasteiger partial charge in [0.25, 0.3) is 5.91 Å². The van der Waals surface area contributed by atoms with Gasteiger partial charge >= 0.3 is 0 Å². The number of piperidine rings is 1. The molecule has 0 radical (unpaired) electrons. The van der Waals surface area contributed by atoms with Crippen molar-refractivity contribution in [2.75, 3.05) is 24.5 Å². The van der Waals surface area contributed by atoms with E-state index in [2.05, 4.69) is 10.3 Å². The molecular weight excluding hydrogens is 392 g/mol. The zero-order valence-electron chi connectivity index (χ0n) is 17.8. The number of pyridine rings is 1. The highest BCUT2D eigenvalue weighted by Gasteiger charge is 2.29. The van der Waals surface area contributed by atoms with E-state index >= 15 is 0 Å². The van der Waals surface area contributed by atoms with Crippen LogP contribution in [0.3, 0.4) is 0 Å². The number of fused-ring (bicyclic) bond motifs is 1. The van der Waals surface area contributed by atoms with Gasteiger partial charge in [-0.15, -0.1) is 0 Å². The number of carbonyl (C=O) groups is 3. The third kappa shape index (κ3) is 4.60. The molecule has 3 heterocycles. The Kier molecular flexibility index (Phi) is 6.30. The van der Waals surface area contributed by atoms with Gasteiger partial charge in [0.15, 0.2) is 0 Å². The van der Waals surface area contributed by atoms with Gasteiger partial charge in [-0.1, -0.05) is 13.0 Å². The van der Waals surface area contributed by atoms with E-state index < -0.39 is 0 Å². The fourth-order valence-electron chi connectivity index (χ4n) is 4.35. The molecule has 3 amide bonds. The Labute approximate surface area is 182 Å². The maximum Gasteiger partial charge on any atom is 0.253 e. The molecule has 0 aliphatic carbocycles. The Morgan fingerprint density at radius 2 is 1.94 bits per heavy atom. The summed E-state index contributed by atoms with van der Waals surface area (Å²) < 4.78 is 0. The van der Waals surface area contributed by atoms with Crippen LogP contribution in [0.1, 0.15) is 47.7 Å². The smallest absolute Gasteiger partial charge is 0.253 e. The fraction of sp³-hybridized carbons (Fsp3) is 0.417. The minimum Gasteiger partial charge on any atom is -0.352 e. The van der Waals surface area contributed by atoms with Gasteiger partial charge in [-0.25, -0.2) is 0 Å². The van der Waals surface area contributed by atoms with Gasteiger partial charge < -0.3 is 15.1 Å². The van der Waals surface area contributed by atoms with Crippen LogP contribution in [0.15, 0.2) is 42.7 Å². The summed E-state index contributed by atoms with van der Waals surface area (Å²) in [4.78, 5) is 45.2. The van der Waals surface area contributed by atoms with Crippen LogP contribution in [0, 0.1) is 5.92 Å². The molecule has 0 spiro atoms. The molecule has 2 aliphatic heterocycles. The summed E-state index contributed by atoms with van der Waals surface area (Å²) in [5, 5.41) is 2.98. The highest BCUT2D eigenvalue weighted by molar-refractivity contribution is 5.98. The average Bonchev–Trinajstić information content (AvgIpc) is 3.25. The van der Waals surface area contributed by atoms with Gasteiger partial charge in [0, 0.05) is 62.2 Å². The predicted octanol–water partition coefficient (Wildman–Crippen LogP) is 2.55. The van der Waals surface area contributed by atoms with Crippen LogP contribution < -0.4 is 10.2 Å². The Bertz CT molecular complexity index is 968. The van der Waals surface area contributed by atoms with Crippen LogP contribution in [0.2, 0.25) is 0 Å². The topological polar surface area (TPSA) is 82.6 Å². The van der Waals surface area contributed by atoms with Crippen LogP contribution in [-0.2, 0) is 22.6 Å². The lowest BCUT2D eigenvalue weighted by molar-refractivity contribution is -0.126. The first-order chi connectivity index (χ1) is 15.1. The number of nitrogens with one attached hydrogen (secondary N) is 1. The summed E-state index contributed by atoms with van der Waals surface area (Å²) in [6.45, 7) is 4.15. The molecular formula is C24H28N4O3. The van der Waals surface area contributed by atoms with Gasteiger partial charge in [0.05, 0.1) is 0 Å². The standard InChI is InChI=1S/C24H28N4O3/c1-2-22(29)28-13-9-19-14-20(5-6-21(19)28)24(31)27-11-7-18(8-12-27)23(30)26-16-17-4-3-10-25-15-17/h3-6,10,14-15,18H,2,7-9,11-13,16H2,1H3,(H,26,30). The van der Waals surface area contributed by atoms with Crippen LogP contribution >= 0.6 is 0 Å². The summed E-state index contributed by atoms with van der Waals surface area (Å²) in [7, 11) is 0. The number of anilines is 1. The van der Waals surface area contributed by atoms with E-state index in [4.69, 9.17) is 0 Å². The first kappa shape index (κ1) is 21.0. The number of aromatic nitrogens is 1. The number of nitrogens with zero attached hydrogens (tertiary/aromatic N) is 3. The third-order valence-corrected chi connectivity index (χ3v) is 6.17. The monoisotopic (exact) mass is 420 g/mol. The Hall–Kier alpha value is -3.22. The molecule has 2 aliphatic rings. The first-order valence-corrected chi connectivity index (χ1v) is 11.0. The Morgan fingerprint density at radius 3 is 2.65 bits per heavy atom. The number of benzene rings is 1. The first-order valence-electron chi connectivity index (χ1n) is 11.0. The van der Waals surface area contributed by atoms with E-state index in [-0.39, 0.29) is 23.6 Å². The van der Waals surface area contributed by atoms with Gasteiger partial charge in [-0.05, 0) is 54.7 Å². The van der Waals surface area contributed by atoms with Crippen molar-refractivity contribution in [2.45, 2.75) is 39.2 Å². The molecule has 7 heteroatoms. The van der Waals surface area contributed by atoms with Crippen LogP contribution in [0.5, 0.6) is 0 Å². The highest BCUT2D eigenvalue weighted by Crippen LogP contribution is 2.30. The average molecular weight is 421 g/mol. The summed E-state index contributed by atoms with van der Waals surface area (Å²) in [5.74, 6) is 0.0718. The third-order valence-electron chi connectivity index (χ3n) is 6.17. The van der Waals surface area contributed by atoms with E-state index in [1.54, 1.807) is 17.3 Å². The number of rotatable bonds is 5. The van der Waals surface area contributed by atoms with Crippen molar-refractivity contribution in [3.63, 3.8) is 0 Å². The van der Waals surface area contributed by atoms with Gasteiger partial charge in [0.2, 0.25) is 11.8 Å². The second-order valence-electron chi connectivity index (χ2n) is 8.14. The molecule has 4 rings (SSSR count). The molecule has 0 saturated carbocycles. The van der Waals surface area contributed by atoms with Crippen LogP contribution in [-0.4, -0.2) is 47.2 Å². The van der Waals surface area contributed by atoms with E-state index in [0.717, 1.165) is 23.2 Å². The van der Waals surface area contributed by atoms with Crippen molar-refractivity contribution in [2.24, 2.45) is 5.92 Å². The SMILES string of the molecule is CCC(=O)N1CCc2cc(C(=O)N3CCC(C(=O)NCc4cccnc4)CC3)ccc21. The molecule has 31 heavy (non-hydrogen) atoms. The molecule has 1 saturated heterocycles. The van der Waals surface area contributed by atoms with Crippen molar-refractivity contribution >= 4 is 23.4 Å². The largest absolute Gasteiger partial charge is 0.352 e. The second kappa shape index (κ2) is 9.29. The minimum atomic E-state index is -0.0747. The number of likely N-dealkylation sites (tertiary alicyclic amines) is 1. The summed E-state index contributed by atoms with van der Waals surface area (Å²) in [5.41, 5.74) is 3.60. The van der Waals surface area contributed by atoms with Gasteiger partial charge in [-0.3, -0.25) is 19.4 Å². The van der Waals surface area contributed by atoms with E-state index in [9.17, 15) is 14.4 Å². The van der Waals surface area contributed by atoms with E-state index in [1.165, 1.54) is 0 Å².